The number of hydrogen-bond acceptors (Lipinski definition) is 5. The predicted octanol–water partition coefficient (Wildman–Crippen LogP) is 4.27. The lowest BCUT2D eigenvalue weighted by Crippen LogP contribution is -2.24. The third kappa shape index (κ3) is 4.79. The minimum Gasteiger partial charge on any atom is -0.484 e. The molecule has 2 aromatic heterocycles. The van der Waals surface area contributed by atoms with Crippen LogP contribution in [-0.2, 0) is 4.79 Å². The normalized spacial score (nSPS) is 11.0. The van der Waals surface area contributed by atoms with E-state index in [-0.39, 0.29) is 12.4 Å². The smallest absolute Gasteiger partial charge is 0.277 e. The van der Waals surface area contributed by atoms with Gasteiger partial charge in [0.25, 0.3) is 5.91 Å². The van der Waals surface area contributed by atoms with Gasteiger partial charge in [-0.1, -0.05) is 24.3 Å². The SMILES string of the molecule is O=C(COc1ccc(F)cc1)NN=Cc1cn(-c2ccccc2)nc1-c1cccs1. The van der Waals surface area contributed by atoms with Crippen molar-refractivity contribution in [2.45, 2.75) is 0 Å². The summed E-state index contributed by atoms with van der Waals surface area (Å²) in [7, 11) is 0. The molecule has 0 saturated carbocycles. The van der Waals surface area contributed by atoms with E-state index in [4.69, 9.17) is 4.74 Å². The number of hydrazone groups is 1. The monoisotopic (exact) mass is 420 g/mol. The first-order chi connectivity index (χ1) is 14.7. The Balaban J connectivity index is 1.45. The molecule has 0 bridgehead atoms. The van der Waals surface area contributed by atoms with Gasteiger partial charge < -0.3 is 4.74 Å². The fourth-order valence-electron chi connectivity index (χ4n) is 2.69. The summed E-state index contributed by atoms with van der Waals surface area (Å²) in [5.74, 6) is -0.391. The van der Waals surface area contributed by atoms with Gasteiger partial charge in [-0.3, -0.25) is 4.79 Å². The fraction of sp³-hybridized carbons (Fsp3) is 0.0455. The van der Waals surface area contributed by atoms with E-state index in [0.29, 0.717) is 5.75 Å². The number of benzene rings is 2. The second-order valence-electron chi connectivity index (χ2n) is 6.23. The number of carbonyl (C=O) groups excluding carboxylic acids is 1. The number of nitrogens with zero attached hydrogens (tertiary/aromatic N) is 3. The first-order valence-corrected chi connectivity index (χ1v) is 9.96. The van der Waals surface area contributed by atoms with Gasteiger partial charge in [0, 0.05) is 11.8 Å². The van der Waals surface area contributed by atoms with E-state index in [1.165, 1.54) is 24.3 Å². The van der Waals surface area contributed by atoms with Crippen LogP contribution in [0.25, 0.3) is 16.3 Å². The molecule has 2 aromatic carbocycles. The maximum atomic E-state index is 12.9. The van der Waals surface area contributed by atoms with Gasteiger partial charge in [0.15, 0.2) is 6.61 Å². The van der Waals surface area contributed by atoms with Crippen LogP contribution in [0, 0.1) is 5.82 Å². The van der Waals surface area contributed by atoms with Crippen LogP contribution in [-0.4, -0.2) is 28.5 Å². The Morgan fingerprint density at radius 1 is 1.13 bits per heavy atom. The van der Waals surface area contributed by atoms with E-state index in [1.54, 1.807) is 22.2 Å². The number of ether oxygens (including phenoxy) is 1. The van der Waals surface area contributed by atoms with Crippen molar-refractivity contribution in [3.63, 3.8) is 0 Å². The number of thiophene rings is 1. The van der Waals surface area contributed by atoms with Crippen molar-refractivity contribution in [2.24, 2.45) is 5.10 Å². The van der Waals surface area contributed by atoms with Crippen molar-refractivity contribution in [2.75, 3.05) is 6.61 Å². The van der Waals surface area contributed by atoms with Gasteiger partial charge >= 0.3 is 0 Å². The molecule has 1 N–H and O–H groups in total. The Hall–Kier alpha value is -3.78. The van der Waals surface area contributed by atoms with Gasteiger partial charge in [-0.25, -0.2) is 14.5 Å². The summed E-state index contributed by atoms with van der Waals surface area (Å²) in [4.78, 5) is 13.0. The molecular formula is C22H17FN4O2S. The molecule has 0 aliphatic heterocycles. The van der Waals surface area contributed by atoms with Gasteiger partial charge in [-0.15, -0.1) is 11.3 Å². The Labute approximate surface area is 176 Å². The summed E-state index contributed by atoms with van der Waals surface area (Å²) < 4.78 is 20.0. The van der Waals surface area contributed by atoms with Gasteiger partial charge in [0.05, 0.1) is 16.8 Å². The number of aromatic nitrogens is 2. The Morgan fingerprint density at radius 3 is 2.67 bits per heavy atom. The largest absolute Gasteiger partial charge is 0.484 e. The van der Waals surface area contributed by atoms with Crippen LogP contribution >= 0.6 is 11.3 Å². The summed E-state index contributed by atoms with van der Waals surface area (Å²) in [6.07, 6.45) is 3.41. The van der Waals surface area contributed by atoms with Gasteiger partial charge in [-0.05, 0) is 47.8 Å². The maximum Gasteiger partial charge on any atom is 0.277 e. The molecule has 0 atom stereocenters. The summed E-state index contributed by atoms with van der Waals surface area (Å²) in [6, 6.07) is 19.1. The average Bonchev–Trinajstić information content (AvgIpc) is 3.44. The van der Waals surface area contributed by atoms with Crippen LogP contribution in [0.15, 0.2) is 83.4 Å². The van der Waals surface area contributed by atoms with Gasteiger partial charge in [-0.2, -0.15) is 10.2 Å². The Bertz CT molecular complexity index is 1140. The molecule has 1 amide bonds. The van der Waals surface area contributed by atoms with E-state index in [9.17, 15) is 9.18 Å². The van der Waals surface area contributed by atoms with E-state index in [1.807, 2.05) is 54.0 Å². The maximum absolute atomic E-state index is 12.9. The summed E-state index contributed by atoms with van der Waals surface area (Å²) in [5.41, 5.74) is 4.89. The Morgan fingerprint density at radius 2 is 1.93 bits per heavy atom. The van der Waals surface area contributed by atoms with Crippen LogP contribution in [0.5, 0.6) is 5.75 Å². The third-order valence-corrected chi connectivity index (χ3v) is 4.97. The van der Waals surface area contributed by atoms with Crippen LogP contribution in [0.1, 0.15) is 5.56 Å². The van der Waals surface area contributed by atoms with Crippen LogP contribution in [0.3, 0.4) is 0 Å². The van der Waals surface area contributed by atoms with Crippen molar-refractivity contribution >= 4 is 23.5 Å². The van der Waals surface area contributed by atoms with Crippen LogP contribution in [0.2, 0.25) is 0 Å². The molecule has 0 aliphatic carbocycles. The highest BCUT2D eigenvalue weighted by atomic mass is 32.1. The standard InChI is InChI=1S/C22H17FN4O2S/c23-17-8-10-19(11-9-17)29-15-21(28)25-24-13-16-14-27(18-5-2-1-3-6-18)26-22(16)20-7-4-12-30-20/h1-14H,15H2,(H,25,28). The number of carbonyl (C=O) groups is 1. The zero-order valence-electron chi connectivity index (χ0n) is 15.7. The molecule has 0 fully saturated rings. The molecule has 4 rings (SSSR count). The van der Waals surface area contributed by atoms with E-state index in [0.717, 1.165) is 21.8 Å². The zero-order valence-corrected chi connectivity index (χ0v) is 16.6. The minimum atomic E-state index is -0.427. The number of nitrogens with one attached hydrogen (secondary N) is 1. The lowest BCUT2D eigenvalue weighted by Gasteiger charge is -2.04. The van der Waals surface area contributed by atoms with E-state index < -0.39 is 5.91 Å². The van der Waals surface area contributed by atoms with Crippen molar-refractivity contribution in [1.82, 2.24) is 15.2 Å². The van der Waals surface area contributed by atoms with Crippen molar-refractivity contribution in [3.05, 3.63) is 89.7 Å². The number of para-hydroxylation sites is 1. The molecule has 150 valence electrons. The van der Waals surface area contributed by atoms with Crippen LogP contribution < -0.4 is 10.2 Å². The molecule has 30 heavy (non-hydrogen) atoms. The van der Waals surface area contributed by atoms with Crippen LogP contribution in [0.4, 0.5) is 4.39 Å². The summed E-state index contributed by atoms with van der Waals surface area (Å²) >= 11 is 1.57. The predicted molar refractivity (Wildman–Crippen MR) is 115 cm³/mol. The third-order valence-electron chi connectivity index (χ3n) is 4.09. The first kappa shape index (κ1) is 19.5. The van der Waals surface area contributed by atoms with Gasteiger partial charge in [0.1, 0.15) is 17.3 Å². The fourth-order valence-corrected chi connectivity index (χ4v) is 3.42. The molecule has 4 aromatic rings. The second-order valence-corrected chi connectivity index (χ2v) is 7.17. The Kier molecular flexibility index (Phi) is 5.95. The second kappa shape index (κ2) is 9.15. The highest BCUT2D eigenvalue weighted by molar-refractivity contribution is 7.13. The van der Waals surface area contributed by atoms with Crippen molar-refractivity contribution in [1.29, 1.82) is 0 Å². The highest BCUT2D eigenvalue weighted by Crippen LogP contribution is 2.26. The number of halogens is 1. The van der Waals surface area contributed by atoms with Gasteiger partial charge in [0.2, 0.25) is 0 Å². The quantitative estimate of drug-likeness (QED) is 0.359. The summed E-state index contributed by atoms with van der Waals surface area (Å²) in [5, 5.41) is 10.7. The molecule has 2 heterocycles. The lowest BCUT2D eigenvalue weighted by molar-refractivity contribution is -0.123. The van der Waals surface area contributed by atoms with Crippen molar-refractivity contribution < 1.29 is 13.9 Å². The van der Waals surface area contributed by atoms with Crippen molar-refractivity contribution in [3.8, 4) is 22.0 Å². The van der Waals surface area contributed by atoms with E-state index in [2.05, 4.69) is 15.6 Å². The molecule has 0 spiro atoms. The molecular weight excluding hydrogens is 403 g/mol. The molecule has 0 saturated heterocycles. The number of rotatable bonds is 7. The number of amides is 1. The summed E-state index contributed by atoms with van der Waals surface area (Å²) in [6.45, 7) is -0.232. The lowest BCUT2D eigenvalue weighted by atomic mass is 10.2. The molecule has 0 unspecified atom stereocenters. The first-order valence-electron chi connectivity index (χ1n) is 9.08. The zero-order chi connectivity index (χ0) is 20.8. The highest BCUT2D eigenvalue weighted by Gasteiger charge is 2.12. The minimum absolute atomic E-state index is 0.232. The van der Waals surface area contributed by atoms with E-state index >= 15 is 0 Å². The molecule has 0 aliphatic rings. The number of hydrogen-bond donors (Lipinski definition) is 1. The molecule has 8 heteroatoms. The molecule has 0 radical (unpaired) electrons. The molecule has 6 nitrogen and oxygen atoms in total. The topological polar surface area (TPSA) is 68.5 Å². The average molecular weight is 420 g/mol.